The van der Waals surface area contributed by atoms with Crippen LogP contribution in [0.2, 0.25) is 0 Å². The average Bonchev–Trinajstić information content (AvgIpc) is 2.91. The first kappa shape index (κ1) is 16.1. The van der Waals surface area contributed by atoms with Crippen molar-refractivity contribution in [2.24, 2.45) is 0 Å². The van der Waals surface area contributed by atoms with Gasteiger partial charge in [-0.3, -0.25) is 0 Å². The number of aryl methyl sites for hydroxylation is 1. The Kier molecular flexibility index (Phi) is 4.20. The van der Waals surface area contributed by atoms with Crippen LogP contribution in [0.15, 0.2) is 42.5 Å². The van der Waals surface area contributed by atoms with E-state index in [1.54, 1.807) is 0 Å². The first-order valence-corrected chi connectivity index (χ1v) is 9.33. The lowest BCUT2D eigenvalue weighted by Crippen LogP contribution is -2.18. The van der Waals surface area contributed by atoms with Crippen molar-refractivity contribution < 1.29 is 4.74 Å². The van der Waals surface area contributed by atoms with E-state index < -0.39 is 0 Å². The first-order chi connectivity index (χ1) is 12.2. The van der Waals surface area contributed by atoms with Gasteiger partial charge in [0.2, 0.25) is 0 Å². The van der Waals surface area contributed by atoms with Crippen LogP contribution in [0.1, 0.15) is 33.4 Å². The zero-order valence-corrected chi connectivity index (χ0v) is 15.3. The fraction of sp³-hybridized carbons (Fsp3) is 0.286. The number of ether oxygens (including phenoxy) is 1. The van der Waals surface area contributed by atoms with Gasteiger partial charge in [0.05, 0.1) is 11.6 Å². The van der Waals surface area contributed by atoms with Gasteiger partial charge in [0.15, 0.2) is 0 Å². The summed E-state index contributed by atoms with van der Waals surface area (Å²) in [5.74, 6) is 0.862. The summed E-state index contributed by atoms with van der Waals surface area (Å²) in [5.41, 5.74) is 2.07. The summed E-state index contributed by atoms with van der Waals surface area (Å²) in [4.78, 5) is 5.03. The van der Waals surface area contributed by atoms with Crippen LogP contribution in [0.5, 0.6) is 5.75 Å². The van der Waals surface area contributed by atoms with Gasteiger partial charge in [-0.05, 0) is 37.7 Å². The smallest absolute Gasteiger partial charge is 0.134 e. The van der Waals surface area contributed by atoms with Gasteiger partial charge in [-0.1, -0.05) is 24.3 Å². The second kappa shape index (κ2) is 6.51. The van der Waals surface area contributed by atoms with E-state index in [0.717, 1.165) is 36.0 Å². The van der Waals surface area contributed by atoms with Crippen LogP contribution >= 0.6 is 11.3 Å². The number of benzene rings is 2. The fourth-order valence-electron chi connectivity index (χ4n) is 3.56. The minimum absolute atomic E-state index is 0.0648. The lowest BCUT2D eigenvalue weighted by molar-refractivity contribution is 0.187. The fourth-order valence-corrected chi connectivity index (χ4v) is 4.66. The van der Waals surface area contributed by atoms with E-state index >= 15 is 0 Å². The van der Waals surface area contributed by atoms with E-state index in [2.05, 4.69) is 31.0 Å². The van der Waals surface area contributed by atoms with Crippen LogP contribution in [0.3, 0.4) is 0 Å². The molecule has 0 amide bonds. The van der Waals surface area contributed by atoms with Gasteiger partial charge in [0, 0.05) is 40.0 Å². The molecule has 1 aliphatic rings. The highest BCUT2D eigenvalue weighted by Crippen LogP contribution is 2.38. The second-order valence-corrected chi connectivity index (χ2v) is 7.94. The summed E-state index contributed by atoms with van der Waals surface area (Å²) in [6.45, 7) is 4.15. The number of thiophene rings is 1. The molecular formula is C21H20N2OS. The molecule has 0 bridgehead atoms. The first-order valence-electron chi connectivity index (χ1n) is 8.52. The van der Waals surface area contributed by atoms with Crippen molar-refractivity contribution in [3.8, 4) is 11.8 Å². The Labute approximate surface area is 152 Å². The molecule has 1 atom stereocenters. The molecule has 0 saturated carbocycles. The molecule has 2 aromatic carbocycles. The Balaban J connectivity index is 1.76. The molecule has 3 nitrogen and oxygen atoms in total. The van der Waals surface area contributed by atoms with E-state index in [-0.39, 0.29) is 6.10 Å². The zero-order valence-electron chi connectivity index (χ0n) is 14.5. The number of fused-ring (bicyclic) bond motifs is 2. The molecular weight excluding hydrogens is 328 g/mol. The number of hydrogen-bond acceptors (Lipinski definition) is 4. The molecule has 0 radical (unpaired) electrons. The van der Waals surface area contributed by atoms with Crippen molar-refractivity contribution in [3.05, 3.63) is 63.3 Å². The third-order valence-corrected chi connectivity index (χ3v) is 5.93. The van der Waals surface area contributed by atoms with E-state index in [1.165, 1.54) is 15.3 Å². The van der Waals surface area contributed by atoms with Gasteiger partial charge in [-0.25, -0.2) is 0 Å². The van der Waals surface area contributed by atoms with Crippen LogP contribution in [0.4, 0.5) is 0 Å². The van der Waals surface area contributed by atoms with Gasteiger partial charge >= 0.3 is 0 Å². The average molecular weight is 348 g/mol. The lowest BCUT2D eigenvalue weighted by Gasteiger charge is -2.19. The predicted octanol–water partition coefficient (Wildman–Crippen LogP) is 5.04. The van der Waals surface area contributed by atoms with Crippen LogP contribution < -0.4 is 4.74 Å². The van der Waals surface area contributed by atoms with E-state index in [1.807, 2.05) is 47.7 Å². The van der Waals surface area contributed by atoms with E-state index in [9.17, 15) is 5.26 Å². The Morgan fingerprint density at radius 3 is 2.80 bits per heavy atom. The molecule has 4 heteroatoms. The lowest BCUT2D eigenvalue weighted by atomic mass is 10.0. The van der Waals surface area contributed by atoms with Crippen molar-refractivity contribution in [1.82, 2.24) is 4.90 Å². The Morgan fingerprint density at radius 1 is 1.20 bits per heavy atom. The summed E-state index contributed by atoms with van der Waals surface area (Å²) in [5, 5.41) is 11.3. The standard InChI is InChI=1S/C21H20N2OS/c1-14-11-16-13-23(2)10-9-20(21(16)25-14)24-19-8-7-15(12-22)17-5-3-4-6-18(17)19/h3-8,11,20H,9-10,13H2,1-2H3. The molecule has 0 N–H and O–H groups in total. The molecule has 1 aromatic heterocycles. The van der Waals surface area contributed by atoms with Gasteiger partial charge in [-0.2, -0.15) is 5.26 Å². The van der Waals surface area contributed by atoms with Crippen molar-refractivity contribution in [1.29, 1.82) is 5.26 Å². The Bertz CT molecular complexity index is 970. The predicted molar refractivity (Wildman–Crippen MR) is 102 cm³/mol. The van der Waals surface area contributed by atoms with Gasteiger partial charge in [0.1, 0.15) is 11.9 Å². The number of nitriles is 1. The number of nitrogens with zero attached hydrogens (tertiary/aromatic N) is 2. The normalized spacial score (nSPS) is 17.7. The molecule has 2 heterocycles. The topological polar surface area (TPSA) is 36.3 Å². The van der Waals surface area contributed by atoms with Crippen molar-refractivity contribution >= 4 is 22.1 Å². The van der Waals surface area contributed by atoms with Gasteiger partial charge in [-0.15, -0.1) is 11.3 Å². The maximum Gasteiger partial charge on any atom is 0.134 e. The third kappa shape index (κ3) is 3.02. The molecule has 3 aromatic rings. The van der Waals surface area contributed by atoms with Crippen molar-refractivity contribution in [3.63, 3.8) is 0 Å². The molecule has 1 aliphatic heterocycles. The monoisotopic (exact) mass is 348 g/mol. The SMILES string of the molecule is Cc1cc2c(s1)C(Oc1ccc(C#N)c3ccccc13)CCN(C)C2. The molecule has 0 aliphatic carbocycles. The largest absolute Gasteiger partial charge is 0.484 e. The van der Waals surface area contributed by atoms with Crippen LogP contribution in [-0.2, 0) is 6.54 Å². The van der Waals surface area contributed by atoms with E-state index in [4.69, 9.17) is 4.74 Å². The highest BCUT2D eigenvalue weighted by Gasteiger charge is 2.25. The third-order valence-electron chi connectivity index (χ3n) is 4.74. The van der Waals surface area contributed by atoms with Gasteiger partial charge < -0.3 is 9.64 Å². The quantitative estimate of drug-likeness (QED) is 0.651. The molecule has 0 fully saturated rings. The number of rotatable bonds is 2. The highest BCUT2D eigenvalue weighted by molar-refractivity contribution is 7.12. The zero-order chi connectivity index (χ0) is 17.4. The minimum Gasteiger partial charge on any atom is -0.484 e. The highest BCUT2D eigenvalue weighted by atomic mass is 32.1. The molecule has 126 valence electrons. The van der Waals surface area contributed by atoms with Crippen molar-refractivity contribution in [2.75, 3.05) is 13.6 Å². The molecule has 25 heavy (non-hydrogen) atoms. The van der Waals surface area contributed by atoms with Crippen LogP contribution in [0, 0.1) is 18.3 Å². The second-order valence-electron chi connectivity index (χ2n) is 6.65. The number of hydrogen-bond donors (Lipinski definition) is 0. The molecule has 1 unspecified atom stereocenters. The summed E-state index contributed by atoms with van der Waals surface area (Å²) in [6.07, 6.45) is 1.03. The molecule has 0 saturated heterocycles. The molecule has 4 rings (SSSR count). The van der Waals surface area contributed by atoms with E-state index in [0.29, 0.717) is 5.56 Å². The Hall–Kier alpha value is -2.35. The maximum absolute atomic E-state index is 9.35. The summed E-state index contributed by atoms with van der Waals surface area (Å²) < 4.78 is 6.51. The minimum atomic E-state index is 0.0648. The summed E-state index contributed by atoms with van der Waals surface area (Å²) >= 11 is 1.84. The summed E-state index contributed by atoms with van der Waals surface area (Å²) in [7, 11) is 2.16. The van der Waals surface area contributed by atoms with Crippen LogP contribution in [0.25, 0.3) is 10.8 Å². The maximum atomic E-state index is 9.35. The Morgan fingerprint density at radius 2 is 2.00 bits per heavy atom. The van der Waals surface area contributed by atoms with Gasteiger partial charge in [0.25, 0.3) is 0 Å². The van der Waals surface area contributed by atoms with Crippen LogP contribution in [-0.4, -0.2) is 18.5 Å². The molecule has 0 spiro atoms. The van der Waals surface area contributed by atoms with Crippen molar-refractivity contribution in [2.45, 2.75) is 26.0 Å². The summed E-state index contributed by atoms with van der Waals surface area (Å²) in [6, 6.07) is 16.4.